The van der Waals surface area contributed by atoms with Gasteiger partial charge in [-0.25, -0.2) is 14.8 Å². The second kappa shape index (κ2) is 6.98. The van der Waals surface area contributed by atoms with Crippen molar-refractivity contribution in [1.29, 1.82) is 0 Å². The van der Waals surface area contributed by atoms with E-state index >= 15 is 0 Å². The van der Waals surface area contributed by atoms with Crippen LogP contribution in [-0.4, -0.2) is 52.1 Å². The van der Waals surface area contributed by atoms with Crippen LogP contribution in [0.1, 0.15) is 35.3 Å². The number of carbonyl (C=O) groups excluding carboxylic acids is 2. The van der Waals surface area contributed by atoms with Crippen molar-refractivity contribution in [2.24, 2.45) is 0 Å². The van der Waals surface area contributed by atoms with Gasteiger partial charge in [-0.2, -0.15) is 0 Å². The highest BCUT2D eigenvalue weighted by atomic mass is 16.6. The highest BCUT2D eigenvalue weighted by molar-refractivity contribution is 5.95. The number of rotatable bonds is 2. The molecule has 7 nitrogen and oxygen atoms in total. The summed E-state index contributed by atoms with van der Waals surface area (Å²) >= 11 is 0. The minimum Gasteiger partial charge on any atom is -0.441 e. The number of ether oxygens (including phenoxy) is 1. The van der Waals surface area contributed by atoms with Gasteiger partial charge in [-0.15, -0.1) is 0 Å². The molecule has 4 rings (SSSR count). The molecule has 2 aromatic rings. The van der Waals surface area contributed by atoms with Gasteiger partial charge in [0.15, 0.2) is 5.82 Å². The zero-order valence-corrected chi connectivity index (χ0v) is 15.3. The average molecular weight is 366 g/mol. The van der Waals surface area contributed by atoms with Crippen LogP contribution in [0.2, 0.25) is 0 Å². The first-order valence-electron chi connectivity index (χ1n) is 9.22. The van der Waals surface area contributed by atoms with Crippen LogP contribution < -0.4 is 5.32 Å². The SMILES string of the molecule is Cc1nc(-c2ccccc2)ncc1C(=O)N1CCC[C@]2(CC1)CNC(=O)O2. The maximum absolute atomic E-state index is 13.0. The lowest BCUT2D eigenvalue weighted by atomic mass is 9.95. The van der Waals surface area contributed by atoms with Gasteiger partial charge >= 0.3 is 6.09 Å². The van der Waals surface area contributed by atoms with E-state index in [1.807, 2.05) is 42.2 Å². The molecule has 2 aliphatic heterocycles. The van der Waals surface area contributed by atoms with Crippen molar-refractivity contribution < 1.29 is 14.3 Å². The smallest absolute Gasteiger partial charge is 0.407 e. The largest absolute Gasteiger partial charge is 0.441 e. The van der Waals surface area contributed by atoms with E-state index in [0.717, 1.165) is 18.4 Å². The Labute approximate surface area is 157 Å². The zero-order chi connectivity index (χ0) is 18.9. The van der Waals surface area contributed by atoms with Crippen molar-refractivity contribution in [3.63, 3.8) is 0 Å². The average Bonchev–Trinajstić information content (AvgIpc) is 2.92. The Morgan fingerprint density at radius 2 is 2.04 bits per heavy atom. The van der Waals surface area contributed by atoms with Crippen LogP contribution >= 0.6 is 0 Å². The van der Waals surface area contributed by atoms with E-state index in [1.54, 1.807) is 6.20 Å². The molecule has 0 unspecified atom stereocenters. The summed E-state index contributed by atoms with van der Waals surface area (Å²) in [6.45, 7) is 3.54. The molecule has 2 aliphatic rings. The second-order valence-corrected chi connectivity index (χ2v) is 7.13. The number of nitrogens with one attached hydrogen (secondary N) is 1. The van der Waals surface area contributed by atoms with Crippen molar-refractivity contribution in [3.8, 4) is 11.4 Å². The molecular formula is C20H22N4O3. The predicted octanol–water partition coefficient (Wildman–Crippen LogP) is 2.56. The number of carbonyl (C=O) groups is 2. The number of hydrogen-bond acceptors (Lipinski definition) is 5. The Kier molecular flexibility index (Phi) is 4.51. The molecule has 1 aromatic heterocycles. The Bertz CT molecular complexity index is 871. The molecule has 2 fully saturated rings. The Morgan fingerprint density at radius 3 is 2.74 bits per heavy atom. The summed E-state index contributed by atoms with van der Waals surface area (Å²) in [5.41, 5.74) is 1.63. The van der Waals surface area contributed by atoms with Crippen molar-refractivity contribution in [2.45, 2.75) is 31.8 Å². The van der Waals surface area contributed by atoms with E-state index < -0.39 is 5.60 Å². The van der Waals surface area contributed by atoms with Gasteiger partial charge in [-0.1, -0.05) is 30.3 Å². The first kappa shape index (κ1) is 17.5. The van der Waals surface area contributed by atoms with E-state index in [4.69, 9.17) is 4.74 Å². The summed E-state index contributed by atoms with van der Waals surface area (Å²) in [5.74, 6) is 0.546. The monoisotopic (exact) mass is 366 g/mol. The van der Waals surface area contributed by atoms with Gasteiger partial charge < -0.3 is 15.0 Å². The Hall–Kier alpha value is -2.96. The fraction of sp³-hybridized carbons (Fsp3) is 0.400. The molecule has 27 heavy (non-hydrogen) atoms. The lowest BCUT2D eigenvalue weighted by Gasteiger charge is -2.25. The highest BCUT2D eigenvalue weighted by Crippen LogP contribution is 2.30. The number of hydrogen-bond donors (Lipinski definition) is 1. The third kappa shape index (κ3) is 3.49. The molecule has 0 aliphatic carbocycles. The fourth-order valence-electron chi connectivity index (χ4n) is 3.73. The molecule has 1 spiro atoms. The Balaban J connectivity index is 1.50. The van der Waals surface area contributed by atoms with E-state index in [0.29, 0.717) is 43.1 Å². The van der Waals surface area contributed by atoms with Crippen LogP contribution in [0.15, 0.2) is 36.5 Å². The van der Waals surface area contributed by atoms with E-state index in [-0.39, 0.29) is 12.0 Å². The number of amides is 2. The standard InChI is InChI=1S/C20H22N4O3/c1-14-16(12-21-17(23-14)15-6-3-2-4-7-15)18(25)24-10-5-8-20(9-11-24)13-22-19(26)27-20/h2-4,6-7,12H,5,8-11,13H2,1H3,(H,22,26)/t20-/m0/s1. The van der Waals surface area contributed by atoms with E-state index in [2.05, 4.69) is 15.3 Å². The second-order valence-electron chi connectivity index (χ2n) is 7.13. The molecular weight excluding hydrogens is 344 g/mol. The predicted molar refractivity (Wildman–Crippen MR) is 99.2 cm³/mol. The number of aryl methyl sites for hydroxylation is 1. The molecule has 0 saturated carbocycles. The summed E-state index contributed by atoms with van der Waals surface area (Å²) in [4.78, 5) is 35.2. The van der Waals surface area contributed by atoms with Crippen LogP contribution in [-0.2, 0) is 4.74 Å². The van der Waals surface area contributed by atoms with Gasteiger partial charge in [0.1, 0.15) is 5.60 Å². The third-order valence-corrected chi connectivity index (χ3v) is 5.29. The van der Waals surface area contributed by atoms with Gasteiger partial charge in [-0.3, -0.25) is 4.79 Å². The first-order valence-corrected chi connectivity index (χ1v) is 9.22. The van der Waals surface area contributed by atoms with Crippen LogP contribution in [0.5, 0.6) is 0 Å². The van der Waals surface area contributed by atoms with Crippen LogP contribution in [0.25, 0.3) is 11.4 Å². The minimum atomic E-state index is -0.477. The summed E-state index contributed by atoms with van der Waals surface area (Å²) in [6.07, 6.45) is 3.45. The maximum atomic E-state index is 13.0. The van der Waals surface area contributed by atoms with Gasteiger partial charge in [0.05, 0.1) is 17.8 Å². The number of alkyl carbamates (subject to hydrolysis) is 1. The maximum Gasteiger partial charge on any atom is 0.407 e. The normalized spacial score (nSPS) is 22.3. The summed E-state index contributed by atoms with van der Waals surface area (Å²) in [6, 6.07) is 9.70. The molecule has 1 N–H and O–H groups in total. The summed E-state index contributed by atoms with van der Waals surface area (Å²) in [7, 11) is 0. The summed E-state index contributed by atoms with van der Waals surface area (Å²) < 4.78 is 5.48. The number of benzene rings is 1. The third-order valence-electron chi connectivity index (χ3n) is 5.29. The van der Waals surface area contributed by atoms with Gasteiger partial charge in [-0.05, 0) is 19.8 Å². The fourth-order valence-corrected chi connectivity index (χ4v) is 3.73. The quantitative estimate of drug-likeness (QED) is 0.883. The van der Waals surface area contributed by atoms with Crippen molar-refractivity contribution in [2.75, 3.05) is 19.6 Å². The van der Waals surface area contributed by atoms with Crippen LogP contribution in [0.4, 0.5) is 4.79 Å². The molecule has 3 heterocycles. The number of likely N-dealkylation sites (tertiary alicyclic amines) is 1. The van der Waals surface area contributed by atoms with Gasteiger partial charge in [0.25, 0.3) is 5.91 Å². The van der Waals surface area contributed by atoms with E-state index in [1.165, 1.54) is 0 Å². The molecule has 140 valence electrons. The number of aromatic nitrogens is 2. The topological polar surface area (TPSA) is 84.4 Å². The molecule has 0 radical (unpaired) electrons. The number of nitrogens with zero attached hydrogens (tertiary/aromatic N) is 3. The van der Waals surface area contributed by atoms with Gasteiger partial charge in [0.2, 0.25) is 0 Å². The minimum absolute atomic E-state index is 0.0681. The molecule has 2 amide bonds. The van der Waals surface area contributed by atoms with Crippen molar-refractivity contribution in [3.05, 3.63) is 47.8 Å². The van der Waals surface area contributed by atoms with Crippen LogP contribution in [0.3, 0.4) is 0 Å². The van der Waals surface area contributed by atoms with E-state index in [9.17, 15) is 9.59 Å². The highest BCUT2D eigenvalue weighted by Gasteiger charge is 2.42. The molecule has 1 aromatic carbocycles. The molecule has 2 saturated heterocycles. The molecule has 1 atom stereocenters. The lowest BCUT2D eigenvalue weighted by molar-refractivity contribution is 0.0438. The van der Waals surface area contributed by atoms with Crippen molar-refractivity contribution >= 4 is 12.0 Å². The zero-order valence-electron chi connectivity index (χ0n) is 15.3. The Morgan fingerprint density at radius 1 is 1.22 bits per heavy atom. The van der Waals surface area contributed by atoms with Crippen molar-refractivity contribution in [1.82, 2.24) is 20.2 Å². The lowest BCUT2D eigenvalue weighted by Crippen LogP contribution is -2.37. The molecule has 0 bridgehead atoms. The summed E-state index contributed by atoms with van der Waals surface area (Å²) in [5, 5.41) is 2.73. The van der Waals surface area contributed by atoms with Gasteiger partial charge in [0, 0.05) is 31.3 Å². The molecule has 7 heteroatoms. The van der Waals surface area contributed by atoms with Crippen LogP contribution in [0, 0.1) is 6.92 Å². The first-order chi connectivity index (χ1) is 13.1.